The molecule has 0 unspecified atom stereocenters. The van der Waals surface area contributed by atoms with Crippen LogP contribution in [-0.4, -0.2) is 117 Å². The van der Waals surface area contributed by atoms with Crippen LogP contribution in [0.15, 0.2) is 87.5 Å². The summed E-state index contributed by atoms with van der Waals surface area (Å²) in [5.74, 6) is 2.72. The summed E-state index contributed by atoms with van der Waals surface area (Å²) in [7, 11) is -11.3. The maximum Gasteiger partial charge on any atom is 0.243 e. The molecule has 0 aromatic heterocycles. The molecule has 4 aliphatic rings. The second-order valence-electron chi connectivity index (χ2n) is 20.3. The number of nitrogens with zero attached hydrogens (tertiary/aromatic N) is 3. The summed E-state index contributed by atoms with van der Waals surface area (Å²) < 4.78 is 86.7. The molecule has 3 aromatic rings. The van der Waals surface area contributed by atoms with Gasteiger partial charge in [0.25, 0.3) is 0 Å². The van der Waals surface area contributed by atoms with Gasteiger partial charge in [0.2, 0.25) is 30.1 Å². The molecule has 72 heavy (non-hydrogen) atoms. The SMILES string of the molecule is Br.Br.Br.C(CCNCC1CC1)CNCCCNCC1CC1.CCC.Cc1ccc(S(=O)(=O)N(CCCCN(CC2CC2)S(=O)(=O)c2ccc(C)cc2)CCCN(CC2CC2)S(=O)(=O)c2ccc(C)cc2)cc1. The Kier molecular flexibility index (Phi) is 32.0. The highest BCUT2D eigenvalue weighted by Crippen LogP contribution is 2.33. The van der Waals surface area contributed by atoms with Crippen molar-refractivity contribution in [3.8, 4) is 0 Å². The fourth-order valence-corrected chi connectivity index (χ4v) is 12.6. The first-order valence-electron chi connectivity index (χ1n) is 26.5. The first-order chi connectivity index (χ1) is 33.1. The Morgan fingerprint density at radius 2 is 0.667 bits per heavy atom. The van der Waals surface area contributed by atoms with Gasteiger partial charge in [0.05, 0.1) is 14.7 Å². The number of hydrogen-bond donors (Lipinski definition) is 3. The van der Waals surface area contributed by atoms with Crippen molar-refractivity contribution in [3.05, 3.63) is 89.5 Å². The average Bonchev–Trinajstić information content (AvgIpc) is 4.10. The first kappa shape index (κ1) is 66.8. The van der Waals surface area contributed by atoms with Crippen molar-refractivity contribution in [1.29, 1.82) is 0 Å². The van der Waals surface area contributed by atoms with Crippen molar-refractivity contribution in [1.82, 2.24) is 28.9 Å². The molecule has 3 aromatic carbocycles. The number of hydrogen-bond acceptors (Lipinski definition) is 9. The third-order valence-corrected chi connectivity index (χ3v) is 18.8. The predicted octanol–water partition coefficient (Wildman–Crippen LogP) is 10.9. The summed E-state index contributed by atoms with van der Waals surface area (Å²) in [5.41, 5.74) is 2.91. The maximum atomic E-state index is 13.9. The lowest BCUT2D eigenvalue weighted by molar-refractivity contribution is 0.338. The number of benzene rings is 3. The van der Waals surface area contributed by atoms with Gasteiger partial charge in [-0.05, 0) is 210 Å². The molecule has 7 rings (SSSR count). The van der Waals surface area contributed by atoms with Gasteiger partial charge in [-0.1, -0.05) is 73.4 Å². The van der Waals surface area contributed by atoms with E-state index < -0.39 is 30.1 Å². The largest absolute Gasteiger partial charge is 0.317 e. The Morgan fingerprint density at radius 1 is 0.389 bits per heavy atom. The molecule has 0 heterocycles. The number of rotatable bonds is 32. The van der Waals surface area contributed by atoms with Crippen LogP contribution < -0.4 is 16.0 Å². The van der Waals surface area contributed by atoms with Gasteiger partial charge in [-0.3, -0.25) is 0 Å². The lowest BCUT2D eigenvalue weighted by Crippen LogP contribution is -2.38. The number of halogens is 3. The lowest BCUT2D eigenvalue weighted by Gasteiger charge is -2.26. The zero-order valence-electron chi connectivity index (χ0n) is 44.1. The molecule has 4 saturated carbocycles. The molecule has 12 nitrogen and oxygen atoms in total. The van der Waals surface area contributed by atoms with E-state index in [9.17, 15) is 25.3 Å². The first-order valence-corrected chi connectivity index (χ1v) is 30.8. The predicted molar refractivity (Wildman–Crippen MR) is 314 cm³/mol. The van der Waals surface area contributed by atoms with Crippen molar-refractivity contribution < 1.29 is 25.3 Å². The van der Waals surface area contributed by atoms with Crippen LogP contribution in [0, 0.1) is 44.4 Å². The van der Waals surface area contributed by atoms with E-state index in [2.05, 4.69) is 29.8 Å². The summed E-state index contributed by atoms with van der Waals surface area (Å²) in [6, 6.07) is 20.5. The molecule has 0 aliphatic heterocycles. The molecule has 0 saturated heterocycles. The van der Waals surface area contributed by atoms with Crippen LogP contribution in [0.2, 0.25) is 0 Å². The standard InChI is InChI=1S/C36H49N3O6S3.C15H31N3.C3H8.3BrH/c1-29-7-17-34(18-8-29)46(40,41)37(25-6-26-39(28-33-15-16-33)48(44,45)36-21-11-31(3)12-22-36)23-4-5-24-38(27-32-13-14-32)47(42,43)35-19-9-30(2)10-20-35;1(2-9-17-12-14-4-5-14)8-16-10-3-11-18-13-15-6-7-15;1-3-2;;;/h7-12,17-22,32-33H,4-6,13-16,23-28H2,1-3H3;14-18H,1-13H2;3H2,1-2H3;3*1H. The minimum absolute atomic E-state index is 0. The molecule has 3 N–H and O–H groups in total. The third kappa shape index (κ3) is 24.8. The molecule has 4 fully saturated rings. The second-order valence-corrected chi connectivity index (χ2v) is 26.1. The lowest BCUT2D eigenvalue weighted by atomic mass is 10.2. The van der Waals surface area contributed by atoms with E-state index in [0.29, 0.717) is 50.7 Å². The number of aryl methyl sites for hydroxylation is 3. The number of sulfonamides is 3. The van der Waals surface area contributed by atoms with Crippen molar-refractivity contribution in [2.24, 2.45) is 23.7 Å². The van der Waals surface area contributed by atoms with Crippen molar-refractivity contribution in [3.63, 3.8) is 0 Å². The zero-order chi connectivity index (χ0) is 49.7. The van der Waals surface area contributed by atoms with E-state index in [4.69, 9.17) is 0 Å². The Labute approximate surface area is 468 Å². The van der Waals surface area contributed by atoms with Crippen LogP contribution in [0.5, 0.6) is 0 Å². The van der Waals surface area contributed by atoms with E-state index in [1.54, 1.807) is 77.1 Å². The van der Waals surface area contributed by atoms with Gasteiger partial charge in [0.15, 0.2) is 0 Å². The van der Waals surface area contributed by atoms with E-state index >= 15 is 0 Å². The Balaban J connectivity index is 0.000000620. The third-order valence-electron chi connectivity index (χ3n) is 13.1. The van der Waals surface area contributed by atoms with Gasteiger partial charge in [0, 0.05) is 39.3 Å². The molecule has 4 aliphatic carbocycles. The summed E-state index contributed by atoms with van der Waals surface area (Å²) in [6.45, 7) is 19.0. The molecule has 0 radical (unpaired) electrons. The molecular weight excluding hydrogens is 1160 g/mol. The van der Waals surface area contributed by atoms with Crippen molar-refractivity contribution >= 4 is 81.0 Å². The Morgan fingerprint density at radius 3 is 1.03 bits per heavy atom. The van der Waals surface area contributed by atoms with E-state index in [-0.39, 0.29) is 85.3 Å². The molecule has 0 spiro atoms. The highest BCUT2D eigenvalue weighted by molar-refractivity contribution is 8.93. The molecule has 412 valence electrons. The van der Waals surface area contributed by atoms with Crippen LogP contribution >= 0.6 is 50.9 Å². The van der Waals surface area contributed by atoms with Crippen LogP contribution in [0.1, 0.15) is 127 Å². The second kappa shape index (κ2) is 34.5. The summed E-state index contributed by atoms with van der Waals surface area (Å²) in [4.78, 5) is 0.704. The van der Waals surface area contributed by atoms with Gasteiger partial charge < -0.3 is 16.0 Å². The van der Waals surface area contributed by atoms with E-state index in [1.807, 2.05) is 20.8 Å². The molecule has 18 heteroatoms. The van der Waals surface area contributed by atoms with Crippen LogP contribution in [0.4, 0.5) is 0 Å². The van der Waals surface area contributed by atoms with Gasteiger partial charge >= 0.3 is 0 Å². The quantitative estimate of drug-likeness (QED) is 0.0520. The summed E-state index contributed by atoms with van der Waals surface area (Å²) in [5, 5.41) is 10.6. The van der Waals surface area contributed by atoms with E-state index in [1.165, 1.54) is 99.2 Å². The van der Waals surface area contributed by atoms with Gasteiger partial charge in [-0.2, -0.15) is 12.9 Å². The highest BCUT2D eigenvalue weighted by Gasteiger charge is 2.34. The normalized spacial score (nSPS) is 15.7. The number of unbranched alkanes of at least 4 members (excludes halogenated alkanes) is 2. The van der Waals surface area contributed by atoms with Gasteiger partial charge in [0.1, 0.15) is 0 Å². The smallest absolute Gasteiger partial charge is 0.243 e. The minimum Gasteiger partial charge on any atom is -0.317 e. The van der Waals surface area contributed by atoms with Gasteiger partial charge in [-0.25, -0.2) is 25.3 Å². The average molecular weight is 1260 g/mol. The van der Waals surface area contributed by atoms with Crippen LogP contribution in [-0.2, 0) is 30.1 Å². The maximum absolute atomic E-state index is 13.9. The van der Waals surface area contributed by atoms with Crippen molar-refractivity contribution in [2.75, 3.05) is 78.5 Å². The van der Waals surface area contributed by atoms with Gasteiger partial charge in [-0.15, -0.1) is 50.9 Å². The number of nitrogens with one attached hydrogen (secondary N) is 3. The van der Waals surface area contributed by atoms with Crippen LogP contribution in [0.3, 0.4) is 0 Å². The molecule has 0 bridgehead atoms. The minimum atomic E-state index is -3.87. The fourth-order valence-electron chi connectivity index (χ4n) is 7.95. The highest BCUT2D eigenvalue weighted by atomic mass is 79.9. The molecular formula is C54H91Br3N6O6S3. The summed E-state index contributed by atoms with van der Waals surface area (Å²) in [6.07, 6.45) is 16.3. The monoisotopic (exact) mass is 1250 g/mol. The fraction of sp³-hybridized carbons (Fsp3) is 0.667. The zero-order valence-corrected chi connectivity index (χ0v) is 51.7. The van der Waals surface area contributed by atoms with Crippen LogP contribution in [0.25, 0.3) is 0 Å². The molecule has 0 atom stereocenters. The Bertz CT molecular complexity index is 2240. The summed E-state index contributed by atoms with van der Waals surface area (Å²) >= 11 is 0. The molecule has 0 amide bonds. The topological polar surface area (TPSA) is 148 Å². The van der Waals surface area contributed by atoms with Crippen molar-refractivity contribution in [2.45, 2.75) is 146 Å². The Hall–Kier alpha value is -1.29. The van der Waals surface area contributed by atoms with E-state index in [0.717, 1.165) is 54.2 Å².